The van der Waals surface area contributed by atoms with Crippen LogP contribution >= 0.6 is 23.5 Å². The predicted molar refractivity (Wildman–Crippen MR) is 319 cm³/mol. The molecule has 0 spiro atoms. The molecule has 0 aromatic carbocycles. The first-order chi connectivity index (χ1) is 37.9. The van der Waals surface area contributed by atoms with E-state index in [4.69, 9.17) is 28.4 Å². The molecule has 0 bridgehead atoms. The van der Waals surface area contributed by atoms with Crippen molar-refractivity contribution in [1.82, 2.24) is 9.97 Å². The number of nitrogens with one attached hydrogen (secondary N) is 4. The van der Waals surface area contributed by atoms with Crippen molar-refractivity contribution in [3.05, 3.63) is 36.4 Å². The summed E-state index contributed by atoms with van der Waals surface area (Å²) in [6.45, 7) is 12.0. The van der Waals surface area contributed by atoms with Gasteiger partial charge in [-0.05, 0) is 67.9 Å². The maximum atomic E-state index is 12.7. The van der Waals surface area contributed by atoms with Gasteiger partial charge in [0.2, 0.25) is 23.6 Å². The summed E-state index contributed by atoms with van der Waals surface area (Å²) in [5.41, 5.74) is 0. The number of thioether (sulfide) groups is 2. The lowest BCUT2D eigenvalue weighted by Gasteiger charge is -2.09. The molecule has 16 nitrogen and oxygen atoms in total. The highest BCUT2D eigenvalue weighted by Crippen LogP contribution is 2.16. The summed E-state index contributed by atoms with van der Waals surface area (Å²) in [4.78, 5) is 59.1. The normalized spacial score (nSPS) is 11.2. The number of rotatable bonds is 56. The Morgan fingerprint density at radius 3 is 0.896 bits per heavy atom. The van der Waals surface area contributed by atoms with Crippen molar-refractivity contribution >= 4 is 70.4 Å². The summed E-state index contributed by atoms with van der Waals surface area (Å²) < 4.78 is 33.9. The standard InChI is InChI=1S/C59H102N6O10S2/c1-3-5-7-9-11-13-15-17-19-21-36-70-38-40-72-42-44-74-46-50-76-48-26-34-58(68)64-54-30-23-28-52(60-54)62-56(66)32-25-33-57(67)63-53-29-24-31-55(61-53)65-59(69)35-27-49-77-51-47-75-45-43-73-41-39-71-37-22-20-18-16-14-12-10-8-6-4-2/h23-24,28-31H,3-22,25-27,32-51H2,1-2H3,(H2,60,62,64,66,68)(H2,61,63,65,67,69). The highest BCUT2D eigenvalue weighted by molar-refractivity contribution is 7.99. The van der Waals surface area contributed by atoms with Gasteiger partial charge in [0.1, 0.15) is 23.3 Å². The van der Waals surface area contributed by atoms with Crippen LogP contribution in [-0.4, -0.2) is 136 Å². The molecule has 0 fully saturated rings. The fourth-order valence-corrected chi connectivity index (χ4v) is 9.53. The molecule has 0 atom stereocenters. The minimum absolute atomic E-state index is 0.0940. The summed E-state index contributed by atoms with van der Waals surface area (Å²) in [6, 6.07) is 10.0. The van der Waals surface area contributed by atoms with E-state index >= 15 is 0 Å². The molecule has 440 valence electrons. The van der Waals surface area contributed by atoms with Gasteiger partial charge < -0.3 is 49.7 Å². The van der Waals surface area contributed by atoms with Crippen LogP contribution in [0.15, 0.2) is 36.4 Å². The number of nitrogens with zero attached hydrogens (tertiary/aromatic N) is 2. The van der Waals surface area contributed by atoms with Crippen molar-refractivity contribution in [2.45, 2.75) is 187 Å². The number of carbonyl (C=O) groups excluding carboxylic acids is 4. The Bertz CT molecular complexity index is 1610. The molecule has 0 saturated heterocycles. The van der Waals surface area contributed by atoms with Crippen LogP contribution in [0, 0.1) is 0 Å². The van der Waals surface area contributed by atoms with E-state index in [0.29, 0.717) is 121 Å². The third kappa shape index (κ3) is 46.1. The lowest BCUT2D eigenvalue weighted by atomic mass is 10.1. The van der Waals surface area contributed by atoms with E-state index in [1.165, 1.54) is 116 Å². The smallest absolute Gasteiger partial charge is 0.225 e. The maximum absolute atomic E-state index is 12.7. The summed E-state index contributed by atoms with van der Waals surface area (Å²) >= 11 is 3.48. The largest absolute Gasteiger partial charge is 0.379 e. The molecule has 0 unspecified atom stereocenters. The van der Waals surface area contributed by atoms with Gasteiger partial charge in [-0.25, -0.2) is 9.97 Å². The second kappa shape index (κ2) is 53.3. The van der Waals surface area contributed by atoms with Crippen molar-refractivity contribution in [2.24, 2.45) is 0 Å². The second-order valence-electron chi connectivity index (χ2n) is 19.3. The predicted octanol–water partition coefficient (Wildman–Crippen LogP) is 13.1. The Kier molecular flexibility index (Phi) is 48.3. The molecule has 2 rings (SSSR count). The molecule has 4 N–H and O–H groups in total. The van der Waals surface area contributed by atoms with E-state index in [1.807, 2.05) is 0 Å². The van der Waals surface area contributed by atoms with Gasteiger partial charge in [-0.15, -0.1) is 0 Å². The summed E-state index contributed by atoms with van der Waals surface area (Å²) in [5, 5.41) is 11.1. The number of hydrogen-bond acceptors (Lipinski definition) is 14. The van der Waals surface area contributed by atoms with Crippen LogP contribution in [0.2, 0.25) is 0 Å². The fourth-order valence-electron chi connectivity index (χ4n) is 7.96. The molecule has 2 aromatic heterocycles. The topological polar surface area (TPSA) is 198 Å². The summed E-state index contributed by atoms with van der Waals surface area (Å²) in [6.07, 6.45) is 29.1. The average molecular weight is 1120 g/mol. The summed E-state index contributed by atoms with van der Waals surface area (Å²) in [7, 11) is 0. The number of unbranched alkanes of at least 4 members (excludes halogenated alkanes) is 18. The van der Waals surface area contributed by atoms with Gasteiger partial charge >= 0.3 is 0 Å². The van der Waals surface area contributed by atoms with Gasteiger partial charge in [-0.3, -0.25) is 19.2 Å². The van der Waals surface area contributed by atoms with Crippen LogP contribution in [0.1, 0.15) is 187 Å². The number of anilines is 4. The number of pyridine rings is 2. The molecular formula is C59H102N6O10S2. The first-order valence-electron chi connectivity index (χ1n) is 29.6. The van der Waals surface area contributed by atoms with Crippen LogP contribution in [0.3, 0.4) is 0 Å². The second-order valence-corrected chi connectivity index (χ2v) is 21.8. The van der Waals surface area contributed by atoms with E-state index in [-0.39, 0.29) is 36.5 Å². The highest BCUT2D eigenvalue weighted by atomic mass is 32.2. The number of amides is 4. The Morgan fingerprint density at radius 2 is 0.584 bits per heavy atom. The van der Waals surface area contributed by atoms with E-state index in [2.05, 4.69) is 45.1 Å². The molecule has 0 aliphatic carbocycles. The number of carbonyl (C=O) groups is 4. The molecule has 2 aromatic rings. The molecule has 18 heteroatoms. The SMILES string of the molecule is CCCCCCCCCCCCOCCOCCOCCSCCCC(=O)Nc1cccc(NC(=O)CCCC(=O)Nc2cccc(NC(=O)CCCSCCOCCOCCOCCCCCCCCCCCC)n2)n1. The molecule has 0 saturated carbocycles. The minimum Gasteiger partial charge on any atom is -0.379 e. The first kappa shape index (κ1) is 69.7. The van der Waals surface area contributed by atoms with E-state index in [9.17, 15) is 19.2 Å². The lowest BCUT2D eigenvalue weighted by molar-refractivity contribution is -0.118. The van der Waals surface area contributed by atoms with E-state index < -0.39 is 0 Å². The van der Waals surface area contributed by atoms with E-state index in [0.717, 1.165) is 49.1 Å². The van der Waals surface area contributed by atoms with Gasteiger partial charge in [0.25, 0.3) is 0 Å². The van der Waals surface area contributed by atoms with Crippen LogP contribution in [0.4, 0.5) is 23.3 Å². The highest BCUT2D eigenvalue weighted by Gasteiger charge is 2.11. The molecule has 0 radical (unpaired) electrons. The molecule has 0 aliphatic heterocycles. The lowest BCUT2D eigenvalue weighted by Crippen LogP contribution is -2.17. The van der Waals surface area contributed by atoms with Crippen LogP contribution in [-0.2, 0) is 47.6 Å². The fraction of sp³-hybridized carbons (Fsp3) is 0.763. The van der Waals surface area contributed by atoms with Crippen LogP contribution in [0.25, 0.3) is 0 Å². The third-order valence-electron chi connectivity index (χ3n) is 12.3. The minimum atomic E-state index is -0.302. The van der Waals surface area contributed by atoms with Crippen molar-refractivity contribution in [1.29, 1.82) is 0 Å². The summed E-state index contributed by atoms with van der Waals surface area (Å²) in [5.74, 6) is 3.76. The third-order valence-corrected chi connectivity index (χ3v) is 14.3. The average Bonchev–Trinajstić information content (AvgIpc) is 3.41. The van der Waals surface area contributed by atoms with Gasteiger partial charge in [-0.2, -0.15) is 23.5 Å². The van der Waals surface area contributed by atoms with Crippen LogP contribution in [0.5, 0.6) is 0 Å². The monoisotopic (exact) mass is 1120 g/mol. The molecule has 77 heavy (non-hydrogen) atoms. The first-order valence-corrected chi connectivity index (χ1v) is 32.0. The van der Waals surface area contributed by atoms with E-state index in [1.54, 1.807) is 59.9 Å². The van der Waals surface area contributed by atoms with Gasteiger partial charge in [0.05, 0.1) is 66.1 Å². The van der Waals surface area contributed by atoms with Crippen molar-refractivity contribution in [2.75, 3.05) is 124 Å². The number of hydrogen-bond donors (Lipinski definition) is 4. The van der Waals surface area contributed by atoms with Crippen molar-refractivity contribution < 1.29 is 47.6 Å². The number of ether oxygens (including phenoxy) is 6. The van der Waals surface area contributed by atoms with Gasteiger partial charge in [0.15, 0.2) is 0 Å². The zero-order chi connectivity index (χ0) is 55.2. The number of aromatic nitrogens is 2. The molecule has 0 aliphatic rings. The Hall–Kier alpha value is -3.36. The Balaban J connectivity index is 1.39. The quantitative estimate of drug-likeness (QED) is 0.0456. The molecular weight excluding hydrogens is 1020 g/mol. The Morgan fingerprint density at radius 1 is 0.325 bits per heavy atom. The van der Waals surface area contributed by atoms with Crippen LogP contribution < -0.4 is 21.3 Å². The molecule has 2 heterocycles. The zero-order valence-corrected chi connectivity index (χ0v) is 49.3. The maximum Gasteiger partial charge on any atom is 0.225 e. The molecule has 4 amide bonds. The Labute approximate surface area is 473 Å². The van der Waals surface area contributed by atoms with Crippen molar-refractivity contribution in [3.63, 3.8) is 0 Å². The van der Waals surface area contributed by atoms with Gasteiger partial charge in [-0.1, -0.05) is 142 Å². The van der Waals surface area contributed by atoms with Gasteiger partial charge in [0, 0.05) is 50.4 Å². The zero-order valence-electron chi connectivity index (χ0n) is 47.7. The van der Waals surface area contributed by atoms with Crippen molar-refractivity contribution in [3.8, 4) is 0 Å².